The maximum absolute atomic E-state index is 13.5. The number of carbonyl (C=O) groups is 1. The first-order chi connectivity index (χ1) is 9.38. The molecule has 0 aromatic heterocycles. The summed E-state index contributed by atoms with van der Waals surface area (Å²) < 4.78 is 51.1. The number of nitrogens with one attached hydrogen (secondary N) is 2. The third kappa shape index (κ3) is 3.47. The van der Waals surface area contributed by atoms with Gasteiger partial charge in [0.1, 0.15) is 5.82 Å². The van der Waals surface area contributed by atoms with E-state index < -0.39 is 35.2 Å². The second-order valence-electron chi connectivity index (χ2n) is 4.68. The molecule has 20 heavy (non-hydrogen) atoms. The standard InChI is InChI=1S/C13H14F4N2O/c14-9-5-4-8(13(15,16)17)7-11(9)19-12(20)10-3-1-2-6-18-10/h4-5,7,10,18H,1-3,6H2,(H,19,20)/t10-/m0/s1. The fourth-order valence-electron chi connectivity index (χ4n) is 2.09. The van der Waals surface area contributed by atoms with Gasteiger partial charge >= 0.3 is 6.18 Å². The van der Waals surface area contributed by atoms with Gasteiger partial charge in [0, 0.05) is 0 Å². The number of anilines is 1. The van der Waals surface area contributed by atoms with Crippen LogP contribution < -0.4 is 10.6 Å². The molecule has 0 spiro atoms. The summed E-state index contributed by atoms with van der Waals surface area (Å²) in [5.41, 5.74) is -1.44. The van der Waals surface area contributed by atoms with Crippen molar-refractivity contribution in [3.05, 3.63) is 29.6 Å². The molecule has 1 aromatic rings. The van der Waals surface area contributed by atoms with Gasteiger partial charge in [-0.2, -0.15) is 13.2 Å². The first-order valence-corrected chi connectivity index (χ1v) is 6.29. The molecule has 1 amide bonds. The minimum atomic E-state index is -4.57. The molecule has 0 saturated carbocycles. The number of piperidine rings is 1. The lowest BCUT2D eigenvalue weighted by molar-refractivity contribution is -0.137. The number of alkyl halides is 3. The van der Waals surface area contributed by atoms with Gasteiger partial charge in [-0.05, 0) is 37.6 Å². The summed E-state index contributed by atoms with van der Waals surface area (Å²) in [6, 6.07) is 1.46. The van der Waals surface area contributed by atoms with Crippen molar-refractivity contribution in [3.63, 3.8) is 0 Å². The zero-order chi connectivity index (χ0) is 14.8. The normalized spacial score (nSPS) is 19.7. The van der Waals surface area contributed by atoms with Gasteiger partial charge in [0.15, 0.2) is 0 Å². The van der Waals surface area contributed by atoms with Crippen molar-refractivity contribution in [1.82, 2.24) is 5.32 Å². The zero-order valence-electron chi connectivity index (χ0n) is 10.6. The van der Waals surface area contributed by atoms with E-state index in [4.69, 9.17) is 0 Å². The third-order valence-corrected chi connectivity index (χ3v) is 3.18. The molecule has 1 aliphatic heterocycles. The van der Waals surface area contributed by atoms with E-state index in [1.54, 1.807) is 0 Å². The summed E-state index contributed by atoms with van der Waals surface area (Å²) in [6.45, 7) is 0.670. The van der Waals surface area contributed by atoms with E-state index in [9.17, 15) is 22.4 Å². The lowest BCUT2D eigenvalue weighted by atomic mass is 10.0. The van der Waals surface area contributed by atoms with Gasteiger partial charge in [0.25, 0.3) is 0 Å². The summed E-state index contributed by atoms with van der Waals surface area (Å²) in [5, 5.41) is 5.16. The van der Waals surface area contributed by atoms with Gasteiger partial charge in [-0.3, -0.25) is 4.79 Å². The number of carbonyl (C=O) groups excluding carboxylic acids is 1. The highest BCUT2D eigenvalue weighted by molar-refractivity contribution is 5.95. The average molecular weight is 290 g/mol. The molecule has 1 aliphatic rings. The largest absolute Gasteiger partial charge is 0.416 e. The van der Waals surface area contributed by atoms with Crippen LogP contribution in [0, 0.1) is 5.82 Å². The summed E-state index contributed by atoms with van der Waals surface area (Å²) in [5.74, 6) is -1.40. The van der Waals surface area contributed by atoms with Crippen LogP contribution in [0.4, 0.5) is 23.2 Å². The van der Waals surface area contributed by atoms with Crippen molar-refractivity contribution >= 4 is 11.6 Å². The molecule has 1 aromatic carbocycles. The topological polar surface area (TPSA) is 41.1 Å². The molecule has 0 bridgehead atoms. The Morgan fingerprint density at radius 2 is 2.05 bits per heavy atom. The van der Waals surface area contributed by atoms with Crippen LogP contribution in [0.5, 0.6) is 0 Å². The smallest absolute Gasteiger partial charge is 0.322 e. The number of halogens is 4. The monoisotopic (exact) mass is 290 g/mol. The third-order valence-electron chi connectivity index (χ3n) is 3.18. The average Bonchev–Trinajstić information content (AvgIpc) is 2.41. The van der Waals surface area contributed by atoms with Gasteiger partial charge < -0.3 is 10.6 Å². The number of hydrogen-bond acceptors (Lipinski definition) is 2. The van der Waals surface area contributed by atoms with Crippen LogP contribution in [0.3, 0.4) is 0 Å². The number of benzene rings is 1. The quantitative estimate of drug-likeness (QED) is 0.822. The van der Waals surface area contributed by atoms with Crippen molar-refractivity contribution in [1.29, 1.82) is 0 Å². The number of hydrogen-bond donors (Lipinski definition) is 2. The summed E-state index contributed by atoms with van der Waals surface area (Å²) in [4.78, 5) is 11.9. The van der Waals surface area contributed by atoms with Crippen molar-refractivity contribution in [2.24, 2.45) is 0 Å². The summed E-state index contributed by atoms with van der Waals surface area (Å²) in [7, 11) is 0. The van der Waals surface area contributed by atoms with Gasteiger partial charge in [-0.1, -0.05) is 6.42 Å². The van der Waals surface area contributed by atoms with E-state index in [2.05, 4.69) is 10.6 Å². The Bertz CT molecular complexity index is 496. The Hall–Kier alpha value is -1.63. The predicted molar refractivity (Wildman–Crippen MR) is 65.7 cm³/mol. The van der Waals surface area contributed by atoms with Crippen molar-refractivity contribution in [2.75, 3.05) is 11.9 Å². The highest BCUT2D eigenvalue weighted by Gasteiger charge is 2.31. The molecule has 1 saturated heterocycles. The fourth-order valence-corrected chi connectivity index (χ4v) is 2.09. The van der Waals surface area contributed by atoms with Crippen molar-refractivity contribution < 1.29 is 22.4 Å². The van der Waals surface area contributed by atoms with E-state index in [0.717, 1.165) is 12.8 Å². The van der Waals surface area contributed by atoms with E-state index in [1.165, 1.54) is 0 Å². The number of rotatable bonds is 2. The molecule has 110 valence electrons. The predicted octanol–water partition coefficient (Wildman–Crippen LogP) is 2.93. The van der Waals surface area contributed by atoms with E-state index in [0.29, 0.717) is 31.2 Å². The zero-order valence-corrected chi connectivity index (χ0v) is 10.6. The van der Waals surface area contributed by atoms with Gasteiger partial charge in [0.05, 0.1) is 17.3 Å². The Balaban J connectivity index is 2.13. The van der Waals surface area contributed by atoms with E-state index >= 15 is 0 Å². The maximum atomic E-state index is 13.5. The Morgan fingerprint density at radius 1 is 1.30 bits per heavy atom. The van der Waals surface area contributed by atoms with Gasteiger partial charge in [-0.25, -0.2) is 4.39 Å². The fraction of sp³-hybridized carbons (Fsp3) is 0.462. The Kier molecular flexibility index (Phi) is 4.27. The van der Waals surface area contributed by atoms with Crippen molar-refractivity contribution in [2.45, 2.75) is 31.5 Å². The maximum Gasteiger partial charge on any atom is 0.416 e. The molecule has 3 nitrogen and oxygen atoms in total. The van der Waals surface area contributed by atoms with Crippen LogP contribution in [0.15, 0.2) is 18.2 Å². The molecule has 1 fully saturated rings. The van der Waals surface area contributed by atoms with Gasteiger partial charge in [-0.15, -0.1) is 0 Å². The van der Waals surface area contributed by atoms with Crippen LogP contribution in [0.2, 0.25) is 0 Å². The number of amides is 1. The second kappa shape index (κ2) is 5.78. The Labute approximate surface area is 113 Å². The first-order valence-electron chi connectivity index (χ1n) is 6.29. The highest BCUT2D eigenvalue weighted by Crippen LogP contribution is 2.31. The van der Waals surface area contributed by atoms with Crippen LogP contribution in [-0.4, -0.2) is 18.5 Å². The van der Waals surface area contributed by atoms with Crippen LogP contribution in [0.1, 0.15) is 24.8 Å². The molecule has 7 heteroatoms. The van der Waals surface area contributed by atoms with E-state index in [1.807, 2.05) is 0 Å². The molecule has 2 rings (SSSR count). The minimum Gasteiger partial charge on any atom is -0.322 e. The first kappa shape index (κ1) is 14.8. The molecule has 0 aliphatic carbocycles. The molecule has 1 atom stereocenters. The molecule has 0 unspecified atom stereocenters. The van der Waals surface area contributed by atoms with Crippen LogP contribution in [0.25, 0.3) is 0 Å². The van der Waals surface area contributed by atoms with Crippen LogP contribution in [-0.2, 0) is 11.0 Å². The minimum absolute atomic E-state index is 0.447. The molecule has 0 radical (unpaired) electrons. The van der Waals surface area contributed by atoms with Crippen molar-refractivity contribution in [3.8, 4) is 0 Å². The highest BCUT2D eigenvalue weighted by atomic mass is 19.4. The second-order valence-corrected chi connectivity index (χ2v) is 4.68. The Morgan fingerprint density at radius 3 is 2.65 bits per heavy atom. The lowest BCUT2D eigenvalue weighted by Crippen LogP contribution is -2.43. The molecule has 2 N–H and O–H groups in total. The van der Waals surface area contributed by atoms with Gasteiger partial charge in [0.2, 0.25) is 5.91 Å². The lowest BCUT2D eigenvalue weighted by Gasteiger charge is -2.22. The molecular weight excluding hydrogens is 276 g/mol. The summed E-state index contributed by atoms with van der Waals surface area (Å²) in [6.07, 6.45) is -2.18. The van der Waals surface area contributed by atoms with Crippen LogP contribution >= 0.6 is 0 Å². The molecule has 1 heterocycles. The van der Waals surface area contributed by atoms with E-state index in [-0.39, 0.29) is 0 Å². The SMILES string of the molecule is O=C(Nc1cc(C(F)(F)F)ccc1F)[C@@H]1CCCCN1. The summed E-state index contributed by atoms with van der Waals surface area (Å²) >= 11 is 0. The molecular formula is C13H14F4N2O.